The van der Waals surface area contributed by atoms with E-state index in [-0.39, 0.29) is 0 Å². The third kappa shape index (κ3) is 5.80. The van der Waals surface area contributed by atoms with Gasteiger partial charge in [0.15, 0.2) is 0 Å². The van der Waals surface area contributed by atoms with Gasteiger partial charge in [0.1, 0.15) is 0 Å². The summed E-state index contributed by atoms with van der Waals surface area (Å²) >= 11 is 1.56. The van der Waals surface area contributed by atoms with Crippen molar-refractivity contribution in [1.29, 1.82) is 5.26 Å². The van der Waals surface area contributed by atoms with E-state index in [4.69, 9.17) is 5.26 Å². The van der Waals surface area contributed by atoms with Crippen LogP contribution in [-0.4, -0.2) is 12.8 Å². The SMILES string of the molecule is CNSCCC#N. The van der Waals surface area contributed by atoms with E-state index in [1.165, 1.54) is 0 Å². The van der Waals surface area contributed by atoms with E-state index in [0.717, 1.165) is 5.75 Å². The van der Waals surface area contributed by atoms with Gasteiger partial charge in [-0.05, 0) is 7.05 Å². The quantitative estimate of drug-likeness (QED) is 0.437. The molecule has 0 aromatic carbocycles. The topological polar surface area (TPSA) is 35.8 Å². The zero-order valence-corrected chi connectivity index (χ0v) is 5.09. The Labute approximate surface area is 48.0 Å². The van der Waals surface area contributed by atoms with Gasteiger partial charge in [0.05, 0.1) is 6.07 Å². The van der Waals surface area contributed by atoms with Gasteiger partial charge in [-0.15, -0.1) is 0 Å². The number of nitrogens with one attached hydrogen (secondary N) is 1. The van der Waals surface area contributed by atoms with Crippen molar-refractivity contribution in [2.45, 2.75) is 6.42 Å². The molecule has 0 aromatic rings. The number of hydrogen-bond donors (Lipinski definition) is 1. The fraction of sp³-hybridized carbons (Fsp3) is 0.750. The lowest BCUT2D eigenvalue weighted by molar-refractivity contribution is 1.21. The van der Waals surface area contributed by atoms with E-state index < -0.39 is 0 Å². The molecule has 7 heavy (non-hydrogen) atoms. The average molecular weight is 116 g/mol. The summed E-state index contributed by atoms with van der Waals surface area (Å²) in [7, 11) is 1.85. The van der Waals surface area contributed by atoms with Gasteiger partial charge in [-0.25, -0.2) is 0 Å². The van der Waals surface area contributed by atoms with Crippen molar-refractivity contribution in [3.8, 4) is 6.07 Å². The fourth-order valence-electron chi connectivity index (χ4n) is 0.199. The fourth-order valence-corrected chi connectivity index (χ4v) is 0.596. The monoisotopic (exact) mass is 116 g/mol. The van der Waals surface area contributed by atoms with Crippen LogP contribution < -0.4 is 4.72 Å². The van der Waals surface area contributed by atoms with Crippen molar-refractivity contribution in [3.05, 3.63) is 0 Å². The molecule has 0 heterocycles. The maximum atomic E-state index is 8.00. The number of rotatable bonds is 3. The molecule has 0 aliphatic carbocycles. The molecule has 0 saturated carbocycles. The van der Waals surface area contributed by atoms with Gasteiger partial charge in [-0.3, -0.25) is 4.72 Å². The molecule has 3 heteroatoms. The van der Waals surface area contributed by atoms with Gasteiger partial charge >= 0.3 is 0 Å². The lowest BCUT2D eigenvalue weighted by Gasteiger charge is -1.88. The minimum atomic E-state index is 0.630. The van der Waals surface area contributed by atoms with Crippen molar-refractivity contribution in [3.63, 3.8) is 0 Å². The molecule has 40 valence electrons. The van der Waals surface area contributed by atoms with E-state index in [1.54, 1.807) is 11.9 Å². The molecule has 0 atom stereocenters. The van der Waals surface area contributed by atoms with Crippen LogP contribution in [0.4, 0.5) is 0 Å². The van der Waals surface area contributed by atoms with Crippen molar-refractivity contribution in [2.75, 3.05) is 12.8 Å². The molecule has 1 N–H and O–H groups in total. The van der Waals surface area contributed by atoms with E-state index in [2.05, 4.69) is 4.72 Å². The summed E-state index contributed by atoms with van der Waals surface area (Å²) < 4.78 is 2.87. The van der Waals surface area contributed by atoms with Gasteiger partial charge in [0.25, 0.3) is 0 Å². The van der Waals surface area contributed by atoms with Gasteiger partial charge in [-0.2, -0.15) is 5.26 Å². The first-order valence-corrected chi connectivity index (χ1v) is 3.06. The maximum Gasteiger partial charge on any atom is 0.0630 e. The highest BCUT2D eigenvalue weighted by Crippen LogP contribution is 1.91. The second-order valence-electron chi connectivity index (χ2n) is 0.961. The highest BCUT2D eigenvalue weighted by molar-refractivity contribution is 7.97. The zero-order chi connectivity index (χ0) is 5.54. The molecule has 0 spiro atoms. The molecule has 2 nitrogen and oxygen atoms in total. The summed E-state index contributed by atoms with van der Waals surface area (Å²) in [5.41, 5.74) is 0. The second kappa shape index (κ2) is 5.80. The first kappa shape index (κ1) is 6.80. The molecule has 0 aliphatic rings. The molecule has 0 amide bonds. The summed E-state index contributed by atoms with van der Waals surface area (Å²) in [5, 5.41) is 8.00. The summed E-state index contributed by atoms with van der Waals surface area (Å²) in [4.78, 5) is 0. The zero-order valence-electron chi connectivity index (χ0n) is 4.27. The van der Waals surface area contributed by atoms with E-state index in [0.29, 0.717) is 6.42 Å². The molecular formula is C4H8N2S. The molecule has 0 bridgehead atoms. The van der Waals surface area contributed by atoms with Crippen LogP contribution in [0.25, 0.3) is 0 Å². The van der Waals surface area contributed by atoms with Gasteiger partial charge in [-0.1, -0.05) is 11.9 Å². The third-order valence-corrected chi connectivity index (χ3v) is 1.16. The Balaban J connectivity index is 2.60. The van der Waals surface area contributed by atoms with Crippen LogP contribution in [0.2, 0.25) is 0 Å². The summed E-state index contributed by atoms with van der Waals surface area (Å²) in [5.74, 6) is 0.882. The predicted octanol–water partition coefficient (Wildman–Crippen LogP) is 0.768. The lowest BCUT2D eigenvalue weighted by atomic mass is 10.6. The molecule has 0 saturated heterocycles. The number of nitriles is 1. The smallest absolute Gasteiger partial charge is 0.0630 e. The standard InChI is InChI=1S/C4H8N2S/c1-6-7-4-2-3-5/h6H,2,4H2,1H3. The summed E-state index contributed by atoms with van der Waals surface area (Å²) in [6.45, 7) is 0. The second-order valence-corrected chi connectivity index (χ2v) is 2.07. The van der Waals surface area contributed by atoms with Crippen LogP contribution >= 0.6 is 11.9 Å². The molecule has 0 unspecified atom stereocenters. The van der Waals surface area contributed by atoms with Crippen LogP contribution in [0, 0.1) is 11.3 Å². The van der Waals surface area contributed by atoms with Crippen LogP contribution in [0.3, 0.4) is 0 Å². The van der Waals surface area contributed by atoms with Crippen LogP contribution in [-0.2, 0) is 0 Å². The lowest BCUT2D eigenvalue weighted by Crippen LogP contribution is -1.92. The van der Waals surface area contributed by atoms with Crippen LogP contribution in [0.1, 0.15) is 6.42 Å². The Kier molecular flexibility index (Phi) is 5.63. The maximum absolute atomic E-state index is 8.00. The van der Waals surface area contributed by atoms with Crippen molar-refractivity contribution < 1.29 is 0 Å². The van der Waals surface area contributed by atoms with Crippen molar-refractivity contribution in [2.24, 2.45) is 0 Å². The number of hydrogen-bond acceptors (Lipinski definition) is 3. The highest BCUT2D eigenvalue weighted by Gasteiger charge is 1.78. The molecule has 0 fully saturated rings. The Hall–Kier alpha value is -0.200. The van der Waals surface area contributed by atoms with Crippen LogP contribution in [0.15, 0.2) is 0 Å². The average Bonchev–Trinajstić information content (AvgIpc) is 1.69. The summed E-state index contributed by atoms with van der Waals surface area (Å²) in [6.07, 6.45) is 0.630. The normalized spacial score (nSPS) is 8.00. The van der Waals surface area contributed by atoms with E-state index >= 15 is 0 Å². The van der Waals surface area contributed by atoms with E-state index in [9.17, 15) is 0 Å². The minimum absolute atomic E-state index is 0.630. The highest BCUT2D eigenvalue weighted by atomic mass is 32.2. The van der Waals surface area contributed by atoms with Gasteiger partial charge < -0.3 is 0 Å². The Bertz CT molecular complexity index is 66.6. The Morgan fingerprint density at radius 1 is 1.86 bits per heavy atom. The molecular weight excluding hydrogens is 108 g/mol. The first-order valence-electron chi connectivity index (χ1n) is 2.07. The Morgan fingerprint density at radius 3 is 3.00 bits per heavy atom. The minimum Gasteiger partial charge on any atom is -0.267 e. The number of nitrogens with zero attached hydrogens (tertiary/aromatic N) is 1. The van der Waals surface area contributed by atoms with Gasteiger partial charge in [0, 0.05) is 12.2 Å². The van der Waals surface area contributed by atoms with Gasteiger partial charge in [0.2, 0.25) is 0 Å². The Morgan fingerprint density at radius 2 is 2.57 bits per heavy atom. The molecule has 0 aliphatic heterocycles. The summed E-state index contributed by atoms with van der Waals surface area (Å²) in [6, 6.07) is 2.04. The molecule has 0 aromatic heterocycles. The molecule has 0 rings (SSSR count). The van der Waals surface area contributed by atoms with E-state index in [1.807, 2.05) is 13.1 Å². The van der Waals surface area contributed by atoms with Crippen LogP contribution in [0.5, 0.6) is 0 Å². The van der Waals surface area contributed by atoms with Crippen molar-refractivity contribution >= 4 is 11.9 Å². The molecule has 0 radical (unpaired) electrons. The third-order valence-electron chi connectivity index (χ3n) is 0.460. The predicted molar refractivity (Wildman–Crippen MR) is 31.7 cm³/mol. The largest absolute Gasteiger partial charge is 0.267 e. The first-order chi connectivity index (χ1) is 3.41. The van der Waals surface area contributed by atoms with Crippen molar-refractivity contribution in [1.82, 2.24) is 4.72 Å².